The molecule has 1 aliphatic rings. The third-order valence-electron chi connectivity index (χ3n) is 7.16. The number of likely N-dealkylation sites (tertiary alicyclic amines) is 1. The van der Waals surface area contributed by atoms with Crippen LogP contribution in [-0.4, -0.2) is 68.0 Å². The third kappa shape index (κ3) is 6.15. The highest BCUT2D eigenvalue weighted by molar-refractivity contribution is 6.11. The molecule has 5 rings (SSSR count). The van der Waals surface area contributed by atoms with E-state index in [0.29, 0.717) is 30.2 Å². The molecule has 0 aliphatic carbocycles. The number of rotatable bonds is 9. The minimum atomic E-state index is -0.350. The summed E-state index contributed by atoms with van der Waals surface area (Å²) in [6.45, 7) is 8.46. The largest absolute Gasteiger partial charge is 0.338 e. The van der Waals surface area contributed by atoms with Gasteiger partial charge >= 0.3 is 0 Å². The third-order valence-corrected chi connectivity index (χ3v) is 7.16. The molecule has 0 atom stereocenters. The Balaban J connectivity index is 1.32. The number of fused-ring (bicyclic) bond motifs is 1. The van der Waals surface area contributed by atoms with Crippen LogP contribution in [0.25, 0.3) is 22.0 Å². The van der Waals surface area contributed by atoms with Crippen molar-refractivity contribution in [1.29, 1.82) is 0 Å². The SMILES string of the molecule is CCCN(CC)C(=O)c1ccc(NC(=O)c2n[nH]c3ccc(-c4cncc(CN5CCCCC5)c4)cc23)cn1. The van der Waals surface area contributed by atoms with Gasteiger partial charge in [-0.25, -0.2) is 4.98 Å². The van der Waals surface area contributed by atoms with Gasteiger partial charge in [-0.3, -0.25) is 24.6 Å². The van der Waals surface area contributed by atoms with E-state index in [1.165, 1.54) is 31.0 Å². The van der Waals surface area contributed by atoms with E-state index in [-0.39, 0.29) is 11.8 Å². The molecule has 0 radical (unpaired) electrons. The molecule has 39 heavy (non-hydrogen) atoms. The minimum absolute atomic E-state index is 0.113. The molecular formula is C30H35N7O2. The van der Waals surface area contributed by atoms with Crippen LogP contribution >= 0.6 is 0 Å². The smallest absolute Gasteiger partial charge is 0.276 e. The van der Waals surface area contributed by atoms with Crippen LogP contribution in [-0.2, 0) is 6.54 Å². The van der Waals surface area contributed by atoms with Crippen molar-refractivity contribution in [3.8, 4) is 11.1 Å². The fourth-order valence-corrected chi connectivity index (χ4v) is 5.09. The van der Waals surface area contributed by atoms with Gasteiger partial charge in [0.25, 0.3) is 11.8 Å². The van der Waals surface area contributed by atoms with Crippen molar-refractivity contribution in [2.75, 3.05) is 31.5 Å². The maximum atomic E-state index is 13.2. The van der Waals surface area contributed by atoms with Gasteiger partial charge in [0.05, 0.1) is 17.4 Å². The predicted molar refractivity (Wildman–Crippen MR) is 153 cm³/mol. The van der Waals surface area contributed by atoms with Gasteiger partial charge in [-0.05, 0) is 80.7 Å². The molecular weight excluding hydrogens is 490 g/mol. The van der Waals surface area contributed by atoms with Crippen molar-refractivity contribution in [2.24, 2.45) is 0 Å². The molecule has 1 fully saturated rings. The molecule has 2 amide bonds. The molecule has 4 heterocycles. The first-order valence-electron chi connectivity index (χ1n) is 13.8. The van der Waals surface area contributed by atoms with Gasteiger partial charge in [-0.1, -0.05) is 19.4 Å². The number of nitrogens with zero attached hydrogens (tertiary/aromatic N) is 5. The van der Waals surface area contributed by atoms with E-state index in [1.54, 1.807) is 17.0 Å². The van der Waals surface area contributed by atoms with E-state index in [4.69, 9.17) is 0 Å². The molecule has 4 aromatic rings. The van der Waals surface area contributed by atoms with E-state index in [0.717, 1.165) is 48.1 Å². The fraction of sp³-hybridized carbons (Fsp3) is 0.367. The maximum absolute atomic E-state index is 13.2. The van der Waals surface area contributed by atoms with Crippen LogP contribution in [0.1, 0.15) is 66.1 Å². The van der Waals surface area contributed by atoms with E-state index >= 15 is 0 Å². The quantitative estimate of drug-likeness (QED) is 0.314. The van der Waals surface area contributed by atoms with Crippen molar-refractivity contribution >= 4 is 28.4 Å². The molecule has 9 nitrogen and oxygen atoms in total. The van der Waals surface area contributed by atoms with Crippen LogP contribution in [0.2, 0.25) is 0 Å². The monoisotopic (exact) mass is 525 g/mol. The summed E-state index contributed by atoms with van der Waals surface area (Å²) in [7, 11) is 0. The minimum Gasteiger partial charge on any atom is -0.338 e. The first-order chi connectivity index (χ1) is 19.1. The zero-order valence-electron chi connectivity index (χ0n) is 22.6. The van der Waals surface area contributed by atoms with Crippen molar-refractivity contribution in [3.05, 3.63) is 71.9 Å². The number of H-pyrrole nitrogens is 1. The van der Waals surface area contributed by atoms with Gasteiger partial charge in [0.1, 0.15) is 5.69 Å². The molecule has 9 heteroatoms. The van der Waals surface area contributed by atoms with Crippen LogP contribution in [0.5, 0.6) is 0 Å². The number of carbonyl (C=O) groups excluding carboxylic acids is 2. The average Bonchev–Trinajstić information content (AvgIpc) is 3.40. The molecule has 202 valence electrons. The molecule has 0 spiro atoms. The van der Waals surface area contributed by atoms with Crippen LogP contribution in [0.15, 0.2) is 55.0 Å². The predicted octanol–water partition coefficient (Wildman–Crippen LogP) is 5.13. The second kappa shape index (κ2) is 12.2. The van der Waals surface area contributed by atoms with Gasteiger partial charge in [-0.2, -0.15) is 5.10 Å². The average molecular weight is 526 g/mol. The molecule has 0 bridgehead atoms. The number of nitrogens with one attached hydrogen (secondary N) is 2. The summed E-state index contributed by atoms with van der Waals surface area (Å²) in [6, 6.07) is 11.4. The Morgan fingerprint density at radius 1 is 1.00 bits per heavy atom. The zero-order valence-corrected chi connectivity index (χ0v) is 22.6. The second-order valence-corrected chi connectivity index (χ2v) is 10.0. The van der Waals surface area contributed by atoms with Crippen molar-refractivity contribution in [3.63, 3.8) is 0 Å². The maximum Gasteiger partial charge on any atom is 0.276 e. The molecule has 3 aromatic heterocycles. The summed E-state index contributed by atoms with van der Waals surface area (Å²) < 4.78 is 0. The van der Waals surface area contributed by atoms with Gasteiger partial charge in [0, 0.05) is 43.0 Å². The topological polar surface area (TPSA) is 107 Å². The van der Waals surface area contributed by atoms with Crippen molar-refractivity contribution < 1.29 is 9.59 Å². The summed E-state index contributed by atoms with van der Waals surface area (Å²) in [5.74, 6) is -0.463. The number of pyridine rings is 2. The number of carbonyl (C=O) groups is 2. The summed E-state index contributed by atoms with van der Waals surface area (Å²) in [5.41, 5.74) is 5.09. The molecule has 0 saturated carbocycles. The number of hydrogen-bond acceptors (Lipinski definition) is 6. The number of aromatic amines is 1. The number of hydrogen-bond donors (Lipinski definition) is 2. The van der Waals surface area contributed by atoms with Gasteiger partial charge < -0.3 is 10.2 Å². The van der Waals surface area contributed by atoms with Crippen molar-refractivity contribution in [1.82, 2.24) is 30.0 Å². The van der Waals surface area contributed by atoms with Crippen LogP contribution in [0, 0.1) is 0 Å². The highest BCUT2D eigenvalue weighted by Crippen LogP contribution is 2.27. The van der Waals surface area contributed by atoms with E-state index in [1.807, 2.05) is 44.4 Å². The Hall–Kier alpha value is -4.11. The number of piperidine rings is 1. The fourth-order valence-electron chi connectivity index (χ4n) is 5.09. The normalized spacial score (nSPS) is 13.9. The Morgan fingerprint density at radius 2 is 1.85 bits per heavy atom. The zero-order chi connectivity index (χ0) is 27.2. The summed E-state index contributed by atoms with van der Waals surface area (Å²) >= 11 is 0. The number of anilines is 1. The summed E-state index contributed by atoms with van der Waals surface area (Å²) in [6.07, 6.45) is 10.00. The lowest BCUT2D eigenvalue weighted by Crippen LogP contribution is -2.32. The van der Waals surface area contributed by atoms with Crippen molar-refractivity contribution in [2.45, 2.75) is 46.1 Å². The number of aromatic nitrogens is 4. The highest BCUT2D eigenvalue weighted by atomic mass is 16.2. The highest BCUT2D eigenvalue weighted by Gasteiger charge is 2.18. The summed E-state index contributed by atoms with van der Waals surface area (Å²) in [4.78, 5) is 38.8. The lowest BCUT2D eigenvalue weighted by atomic mass is 10.0. The number of benzene rings is 1. The van der Waals surface area contributed by atoms with Gasteiger partial charge in [0.15, 0.2) is 5.69 Å². The summed E-state index contributed by atoms with van der Waals surface area (Å²) in [5, 5.41) is 10.8. The van der Waals surface area contributed by atoms with E-state index in [9.17, 15) is 9.59 Å². The Morgan fingerprint density at radius 3 is 2.59 bits per heavy atom. The molecule has 1 aliphatic heterocycles. The van der Waals surface area contributed by atoms with Gasteiger partial charge in [0.2, 0.25) is 0 Å². The Labute approximate surface area is 228 Å². The van der Waals surface area contributed by atoms with Crippen LogP contribution in [0.4, 0.5) is 5.69 Å². The second-order valence-electron chi connectivity index (χ2n) is 10.0. The number of amides is 2. The molecule has 0 unspecified atom stereocenters. The first-order valence-corrected chi connectivity index (χ1v) is 13.8. The molecule has 1 saturated heterocycles. The molecule has 1 aromatic carbocycles. The lowest BCUT2D eigenvalue weighted by molar-refractivity contribution is 0.0758. The lowest BCUT2D eigenvalue weighted by Gasteiger charge is -2.26. The Bertz CT molecular complexity index is 1440. The van der Waals surface area contributed by atoms with Gasteiger partial charge in [-0.15, -0.1) is 0 Å². The first kappa shape index (κ1) is 26.5. The Kier molecular flexibility index (Phi) is 8.27. The molecule has 2 N–H and O–H groups in total. The van der Waals surface area contributed by atoms with Crippen LogP contribution < -0.4 is 5.32 Å². The standard InChI is InChI=1S/C30H35N7O2/c1-3-12-37(4-2)30(39)27-11-9-24(19-32-27)33-29(38)28-25-16-22(8-10-26(25)34-35-28)23-15-21(17-31-18-23)20-36-13-6-5-7-14-36/h8-11,15-19H,3-7,12-14,20H2,1-2H3,(H,33,38)(H,34,35). The van der Waals surface area contributed by atoms with E-state index in [2.05, 4.69) is 36.4 Å². The van der Waals surface area contributed by atoms with Crippen LogP contribution in [0.3, 0.4) is 0 Å². The van der Waals surface area contributed by atoms with E-state index < -0.39 is 0 Å².